The van der Waals surface area contributed by atoms with Crippen LogP contribution >= 0.6 is 0 Å². The van der Waals surface area contributed by atoms with E-state index in [4.69, 9.17) is 14.2 Å². The van der Waals surface area contributed by atoms with Crippen LogP contribution in [0.25, 0.3) is 0 Å². The van der Waals surface area contributed by atoms with Gasteiger partial charge in [-0.25, -0.2) is 0 Å². The molecule has 1 amide bonds. The summed E-state index contributed by atoms with van der Waals surface area (Å²) in [5.74, 6) is -0.590. The SMILES string of the molecule is COc1cc(OC)cc(C(=O)NCC(=O)OCC(=O)c2cc(C)n(C)c2C)c1. The van der Waals surface area contributed by atoms with Gasteiger partial charge in [0.05, 0.1) is 14.2 Å². The predicted octanol–water partition coefficient (Wildman–Crippen LogP) is 1.82. The zero-order chi connectivity index (χ0) is 20.8. The molecule has 0 unspecified atom stereocenters. The minimum Gasteiger partial charge on any atom is -0.497 e. The standard InChI is InChI=1S/C20H24N2O6/c1-12-6-17(13(2)22(12)3)18(23)11-28-19(24)10-21-20(25)14-7-15(26-4)9-16(8-14)27-5/h6-9H,10-11H2,1-5H3,(H,21,25). The number of aryl methyl sites for hydroxylation is 1. The van der Waals surface area contributed by atoms with Crippen molar-refractivity contribution in [2.75, 3.05) is 27.4 Å². The molecule has 0 radical (unpaired) electrons. The number of benzene rings is 1. The van der Waals surface area contributed by atoms with E-state index < -0.39 is 11.9 Å². The van der Waals surface area contributed by atoms with Crippen molar-refractivity contribution in [2.45, 2.75) is 13.8 Å². The minimum atomic E-state index is -0.707. The molecule has 1 heterocycles. The second-order valence-electron chi connectivity index (χ2n) is 6.21. The number of esters is 1. The largest absolute Gasteiger partial charge is 0.497 e. The van der Waals surface area contributed by atoms with Gasteiger partial charge < -0.3 is 24.1 Å². The van der Waals surface area contributed by atoms with Gasteiger partial charge in [-0.1, -0.05) is 0 Å². The summed E-state index contributed by atoms with van der Waals surface area (Å²) in [6.45, 7) is 2.97. The van der Waals surface area contributed by atoms with Crippen molar-refractivity contribution in [3.05, 3.63) is 46.8 Å². The smallest absolute Gasteiger partial charge is 0.325 e. The predicted molar refractivity (Wildman–Crippen MR) is 102 cm³/mol. The van der Waals surface area contributed by atoms with E-state index in [9.17, 15) is 14.4 Å². The summed E-state index contributed by atoms with van der Waals surface area (Å²) < 4.78 is 17.1. The summed E-state index contributed by atoms with van der Waals surface area (Å²) in [5.41, 5.74) is 2.53. The van der Waals surface area contributed by atoms with Gasteiger partial charge >= 0.3 is 5.97 Å². The van der Waals surface area contributed by atoms with Crippen LogP contribution in [0.15, 0.2) is 24.3 Å². The highest BCUT2D eigenvalue weighted by molar-refractivity contribution is 6.00. The van der Waals surface area contributed by atoms with Crippen molar-refractivity contribution in [1.29, 1.82) is 0 Å². The number of methoxy groups -OCH3 is 2. The molecule has 0 bridgehead atoms. The van der Waals surface area contributed by atoms with Gasteiger partial charge in [0.2, 0.25) is 5.78 Å². The molecule has 2 aromatic rings. The third-order valence-electron chi connectivity index (χ3n) is 4.45. The van der Waals surface area contributed by atoms with Gasteiger partial charge in [-0.3, -0.25) is 14.4 Å². The van der Waals surface area contributed by atoms with E-state index in [1.807, 2.05) is 25.5 Å². The number of ether oxygens (including phenoxy) is 3. The Kier molecular flexibility index (Phi) is 6.81. The van der Waals surface area contributed by atoms with Crippen LogP contribution in [0.1, 0.15) is 32.1 Å². The highest BCUT2D eigenvalue weighted by atomic mass is 16.5. The van der Waals surface area contributed by atoms with Crippen molar-refractivity contribution in [2.24, 2.45) is 7.05 Å². The Hall–Kier alpha value is -3.29. The summed E-state index contributed by atoms with van der Waals surface area (Å²) in [7, 11) is 4.80. The second-order valence-corrected chi connectivity index (χ2v) is 6.21. The normalized spacial score (nSPS) is 10.3. The van der Waals surface area contributed by atoms with E-state index in [2.05, 4.69) is 5.32 Å². The molecule has 1 N–H and O–H groups in total. The maximum atomic E-state index is 12.2. The van der Waals surface area contributed by atoms with Gasteiger partial charge in [-0.2, -0.15) is 0 Å². The van der Waals surface area contributed by atoms with Crippen molar-refractivity contribution in [3.8, 4) is 11.5 Å². The summed E-state index contributed by atoms with van der Waals surface area (Å²) in [4.78, 5) is 36.3. The molecular weight excluding hydrogens is 364 g/mol. The Balaban J connectivity index is 1.89. The van der Waals surface area contributed by atoms with Crippen LogP contribution in [0.4, 0.5) is 0 Å². The second kappa shape index (κ2) is 9.07. The first-order valence-electron chi connectivity index (χ1n) is 8.59. The number of carbonyl (C=O) groups excluding carboxylic acids is 3. The Labute approximate surface area is 163 Å². The molecule has 0 saturated heterocycles. The molecule has 0 spiro atoms. The first-order valence-corrected chi connectivity index (χ1v) is 8.59. The fourth-order valence-electron chi connectivity index (χ4n) is 2.61. The molecule has 0 aliphatic rings. The maximum Gasteiger partial charge on any atom is 0.325 e. The lowest BCUT2D eigenvalue weighted by Crippen LogP contribution is -2.31. The number of hydrogen-bond acceptors (Lipinski definition) is 6. The van der Waals surface area contributed by atoms with Crippen LogP contribution in [0.3, 0.4) is 0 Å². The van der Waals surface area contributed by atoms with E-state index in [0.717, 1.165) is 11.4 Å². The van der Waals surface area contributed by atoms with E-state index in [1.54, 1.807) is 12.1 Å². The number of ketones is 1. The van der Waals surface area contributed by atoms with Crippen LogP contribution in [-0.2, 0) is 16.6 Å². The zero-order valence-corrected chi connectivity index (χ0v) is 16.6. The van der Waals surface area contributed by atoms with Gasteiger partial charge in [0, 0.05) is 35.6 Å². The van der Waals surface area contributed by atoms with Gasteiger partial charge in [0.15, 0.2) is 6.61 Å². The third-order valence-corrected chi connectivity index (χ3v) is 4.45. The topological polar surface area (TPSA) is 95.9 Å². The molecule has 1 aromatic heterocycles. The van der Waals surface area contributed by atoms with Gasteiger partial charge in [-0.05, 0) is 32.0 Å². The van der Waals surface area contributed by atoms with Crippen LogP contribution in [-0.4, -0.2) is 49.6 Å². The first-order chi connectivity index (χ1) is 13.3. The number of carbonyl (C=O) groups is 3. The highest BCUT2D eigenvalue weighted by Crippen LogP contribution is 2.22. The van der Waals surface area contributed by atoms with Gasteiger partial charge in [0.1, 0.15) is 18.0 Å². The Morgan fingerprint density at radius 1 is 1.00 bits per heavy atom. The number of aromatic nitrogens is 1. The molecule has 150 valence electrons. The minimum absolute atomic E-state index is 0.274. The number of hydrogen-bond donors (Lipinski definition) is 1. The van der Waals surface area contributed by atoms with E-state index >= 15 is 0 Å². The Bertz CT molecular complexity index is 878. The lowest BCUT2D eigenvalue weighted by molar-refractivity contribution is -0.141. The van der Waals surface area contributed by atoms with Crippen LogP contribution in [0.2, 0.25) is 0 Å². The molecule has 0 aliphatic heterocycles. The van der Waals surface area contributed by atoms with E-state index in [-0.39, 0.29) is 24.5 Å². The maximum absolute atomic E-state index is 12.2. The van der Waals surface area contributed by atoms with Crippen LogP contribution in [0.5, 0.6) is 11.5 Å². The van der Waals surface area contributed by atoms with Crippen molar-refractivity contribution < 1.29 is 28.6 Å². The molecule has 0 atom stereocenters. The summed E-state index contributed by atoms with van der Waals surface area (Å²) in [6.07, 6.45) is 0. The summed E-state index contributed by atoms with van der Waals surface area (Å²) in [6, 6.07) is 6.42. The van der Waals surface area contributed by atoms with Crippen LogP contribution in [0, 0.1) is 13.8 Å². The highest BCUT2D eigenvalue weighted by Gasteiger charge is 2.17. The molecule has 28 heavy (non-hydrogen) atoms. The Morgan fingerprint density at radius 3 is 2.11 bits per heavy atom. The lowest BCUT2D eigenvalue weighted by atomic mass is 10.1. The molecule has 0 fully saturated rings. The molecule has 0 saturated carbocycles. The molecule has 0 aliphatic carbocycles. The lowest BCUT2D eigenvalue weighted by Gasteiger charge is -2.09. The fourth-order valence-corrected chi connectivity index (χ4v) is 2.61. The number of amides is 1. The summed E-state index contributed by atoms with van der Waals surface area (Å²) in [5, 5.41) is 2.45. The molecule has 2 rings (SSSR count). The number of Topliss-reactive ketones (excluding diaryl/α,β-unsaturated/α-hetero) is 1. The molecular formula is C20H24N2O6. The number of nitrogens with zero attached hydrogens (tertiary/aromatic N) is 1. The average molecular weight is 388 g/mol. The summed E-state index contributed by atoms with van der Waals surface area (Å²) >= 11 is 0. The first kappa shape index (κ1) is 21.0. The zero-order valence-electron chi connectivity index (χ0n) is 16.6. The Morgan fingerprint density at radius 2 is 1.61 bits per heavy atom. The van der Waals surface area contributed by atoms with Crippen molar-refractivity contribution >= 4 is 17.7 Å². The fraction of sp³-hybridized carbons (Fsp3) is 0.350. The number of rotatable bonds is 8. The quantitative estimate of drug-likeness (QED) is 0.547. The van der Waals surface area contributed by atoms with Crippen molar-refractivity contribution in [3.63, 3.8) is 0 Å². The van der Waals surface area contributed by atoms with Crippen molar-refractivity contribution in [1.82, 2.24) is 9.88 Å². The van der Waals surface area contributed by atoms with Gasteiger partial charge in [-0.15, -0.1) is 0 Å². The molecule has 8 nitrogen and oxygen atoms in total. The molecule has 1 aromatic carbocycles. The van der Waals surface area contributed by atoms with E-state index in [0.29, 0.717) is 17.1 Å². The third kappa shape index (κ3) is 4.91. The number of nitrogens with one attached hydrogen (secondary N) is 1. The molecule has 8 heteroatoms. The average Bonchev–Trinajstić information content (AvgIpc) is 2.96. The monoisotopic (exact) mass is 388 g/mol. The van der Waals surface area contributed by atoms with Crippen LogP contribution < -0.4 is 14.8 Å². The van der Waals surface area contributed by atoms with E-state index in [1.165, 1.54) is 26.4 Å². The van der Waals surface area contributed by atoms with Gasteiger partial charge in [0.25, 0.3) is 5.91 Å².